The van der Waals surface area contributed by atoms with Crippen LogP contribution < -0.4 is 16.1 Å². The van der Waals surface area contributed by atoms with E-state index in [4.69, 9.17) is 10.5 Å². The number of carbonyl (C=O) groups is 1. The third kappa shape index (κ3) is 8.27. The number of hydrogen-bond acceptors (Lipinski definition) is 8. The molecule has 10 heteroatoms. The van der Waals surface area contributed by atoms with Crippen molar-refractivity contribution in [2.24, 2.45) is 17.9 Å². The summed E-state index contributed by atoms with van der Waals surface area (Å²) in [5.41, 5.74) is 6.57. The van der Waals surface area contributed by atoms with Crippen molar-refractivity contribution >= 4 is 34.8 Å². The number of aryl methyl sites for hydroxylation is 1. The van der Waals surface area contributed by atoms with Crippen molar-refractivity contribution in [3.05, 3.63) is 36.2 Å². The monoisotopic (exact) mass is 417 g/mol. The van der Waals surface area contributed by atoms with Gasteiger partial charge in [-0.25, -0.2) is 9.99 Å². The molecule has 0 aliphatic carbocycles. The fourth-order valence-electron chi connectivity index (χ4n) is 2.28. The molecule has 0 unspecified atom stereocenters. The van der Waals surface area contributed by atoms with Crippen molar-refractivity contribution in [3.8, 4) is 12.8 Å². The van der Waals surface area contributed by atoms with Gasteiger partial charge < -0.3 is 15.8 Å². The summed E-state index contributed by atoms with van der Waals surface area (Å²) in [6, 6.07) is 0.400. The molecule has 1 aliphatic heterocycles. The summed E-state index contributed by atoms with van der Waals surface area (Å²) in [6.07, 6.45) is 16.1. The lowest BCUT2D eigenvalue weighted by Crippen LogP contribution is -2.19. The molecule has 1 fully saturated rings. The van der Waals surface area contributed by atoms with Gasteiger partial charge in [0.2, 0.25) is 5.13 Å². The number of ether oxygens (including phenoxy) is 1. The molecule has 9 nitrogen and oxygen atoms in total. The van der Waals surface area contributed by atoms with E-state index in [0.717, 1.165) is 32.5 Å². The number of aromatic nitrogens is 3. The van der Waals surface area contributed by atoms with E-state index in [-0.39, 0.29) is 5.91 Å². The fourth-order valence-corrected chi connectivity index (χ4v) is 3.05. The number of nitrogens with zero attached hydrogens (tertiary/aromatic N) is 5. The Morgan fingerprint density at radius 1 is 1.52 bits per heavy atom. The molecular formula is C19H27N7O2S. The Bertz CT molecular complexity index is 783. The van der Waals surface area contributed by atoms with E-state index in [1.807, 2.05) is 0 Å². The summed E-state index contributed by atoms with van der Waals surface area (Å²) in [5.74, 6) is -0.302. The predicted molar refractivity (Wildman–Crippen MR) is 118 cm³/mol. The lowest BCUT2D eigenvalue weighted by atomic mass is 10.1. The third-order valence-corrected chi connectivity index (χ3v) is 4.54. The van der Waals surface area contributed by atoms with Crippen LogP contribution in [0.5, 0.6) is 0 Å². The lowest BCUT2D eigenvalue weighted by molar-refractivity contribution is 0.102. The number of nitrogens with one attached hydrogen (secondary N) is 1. The lowest BCUT2D eigenvalue weighted by Gasteiger charge is -2.06. The largest absolute Gasteiger partial charge is 0.381 e. The Balaban J connectivity index is 0.000000351. The highest BCUT2D eigenvalue weighted by Crippen LogP contribution is 2.21. The zero-order valence-corrected chi connectivity index (χ0v) is 17.3. The van der Waals surface area contributed by atoms with E-state index in [2.05, 4.69) is 46.6 Å². The topological polar surface area (TPSA) is 111 Å². The van der Waals surface area contributed by atoms with Crippen molar-refractivity contribution in [2.75, 3.05) is 23.5 Å². The van der Waals surface area contributed by atoms with E-state index >= 15 is 0 Å². The summed E-state index contributed by atoms with van der Waals surface area (Å²) < 4.78 is 6.79. The minimum absolute atomic E-state index is 0.302. The van der Waals surface area contributed by atoms with Crippen LogP contribution in [0.2, 0.25) is 0 Å². The summed E-state index contributed by atoms with van der Waals surface area (Å²) in [7, 11) is 1.77. The summed E-state index contributed by atoms with van der Waals surface area (Å²) in [4.78, 5) is 16.1. The Morgan fingerprint density at radius 2 is 2.28 bits per heavy atom. The quantitative estimate of drug-likeness (QED) is 0.439. The van der Waals surface area contributed by atoms with Crippen molar-refractivity contribution in [3.63, 3.8) is 0 Å². The van der Waals surface area contributed by atoms with Gasteiger partial charge in [0.05, 0.1) is 11.9 Å². The fraction of sp³-hybridized carbons (Fsp3) is 0.368. The zero-order valence-electron chi connectivity index (χ0n) is 16.5. The van der Waals surface area contributed by atoms with Crippen molar-refractivity contribution in [1.29, 1.82) is 0 Å². The molecule has 3 N–H and O–H groups in total. The smallest absolute Gasteiger partial charge is 0.275 e. The van der Waals surface area contributed by atoms with E-state index < -0.39 is 0 Å². The molecule has 29 heavy (non-hydrogen) atoms. The molecular weight excluding hydrogens is 390 g/mol. The molecule has 1 aliphatic rings. The molecule has 2 aromatic rings. The van der Waals surface area contributed by atoms with Gasteiger partial charge in [0, 0.05) is 50.8 Å². The van der Waals surface area contributed by atoms with Crippen molar-refractivity contribution in [1.82, 2.24) is 14.8 Å². The molecule has 0 spiro atoms. The van der Waals surface area contributed by atoms with Crippen LogP contribution >= 0.6 is 11.3 Å². The average molecular weight is 418 g/mol. The number of amides is 1. The molecule has 0 radical (unpaired) electrons. The number of rotatable bonds is 5. The maximum absolute atomic E-state index is 11.9. The zero-order chi connectivity index (χ0) is 21.6. The van der Waals surface area contributed by atoms with Gasteiger partial charge in [-0.05, 0) is 19.3 Å². The van der Waals surface area contributed by atoms with Crippen LogP contribution in [0.1, 0.15) is 29.8 Å². The minimum atomic E-state index is -0.302. The maximum atomic E-state index is 11.9. The van der Waals surface area contributed by atoms with Gasteiger partial charge in [-0.1, -0.05) is 6.58 Å². The molecule has 0 bridgehead atoms. The second kappa shape index (κ2) is 13.2. The van der Waals surface area contributed by atoms with Crippen molar-refractivity contribution in [2.45, 2.75) is 25.3 Å². The molecule has 1 amide bonds. The standard InChI is InChI=1S/C11H12N6OS.C6H13NO.C2H2/c1-4-17(12-2)11-15-9(7-19-11)10(18)14-8-5-13-16(3)6-8;7-6-2-1-4-8-5-3-6;1-2/h4-7H,1-2H2,3H3,(H,14,18);6H,1-5,7H2;1-2H/t;6-;/m.1./s1. The second-order valence-corrected chi connectivity index (χ2v) is 6.68. The first kappa shape index (κ1) is 24.0. The van der Waals surface area contributed by atoms with Crippen LogP contribution in [0, 0.1) is 12.8 Å². The maximum Gasteiger partial charge on any atom is 0.275 e. The number of anilines is 2. The molecule has 156 valence electrons. The summed E-state index contributed by atoms with van der Waals surface area (Å²) in [6.45, 7) is 8.75. The highest BCUT2D eigenvalue weighted by atomic mass is 32.1. The van der Waals surface area contributed by atoms with Crippen LogP contribution in [0.15, 0.2) is 35.7 Å². The highest BCUT2D eigenvalue weighted by molar-refractivity contribution is 7.14. The molecule has 0 aromatic carbocycles. The van der Waals surface area contributed by atoms with Crippen LogP contribution in [0.4, 0.5) is 10.8 Å². The van der Waals surface area contributed by atoms with E-state index in [1.54, 1.807) is 29.5 Å². The first-order chi connectivity index (χ1) is 14.0. The molecule has 3 heterocycles. The van der Waals surface area contributed by atoms with Gasteiger partial charge in [0.15, 0.2) is 0 Å². The van der Waals surface area contributed by atoms with Gasteiger partial charge in [-0.3, -0.25) is 9.48 Å². The summed E-state index contributed by atoms with van der Waals surface area (Å²) >= 11 is 1.28. The van der Waals surface area contributed by atoms with Gasteiger partial charge >= 0.3 is 0 Å². The normalized spacial score (nSPS) is 15.4. The van der Waals surface area contributed by atoms with Gasteiger partial charge in [0.1, 0.15) is 5.69 Å². The van der Waals surface area contributed by atoms with Crippen LogP contribution in [-0.2, 0) is 11.8 Å². The van der Waals surface area contributed by atoms with Gasteiger partial charge in [-0.2, -0.15) is 10.2 Å². The minimum Gasteiger partial charge on any atom is -0.381 e. The SMILES string of the molecule is C#C.C=CN(N=C)c1nc(C(=O)Nc2cnn(C)c2)cs1.N[C@@H]1CCCOCC1. The number of nitrogens with two attached hydrogens (primary N) is 1. The molecule has 1 saturated heterocycles. The van der Waals surface area contributed by atoms with E-state index in [1.165, 1.54) is 22.5 Å². The number of hydrazone groups is 1. The van der Waals surface area contributed by atoms with E-state index in [0.29, 0.717) is 22.6 Å². The second-order valence-electron chi connectivity index (χ2n) is 5.84. The Kier molecular flexibility index (Phi) is 11.0. The molecule has 2 aromatic heterocycles. The van der Waals surface area contributed by atoms with E-state index in [9.17, 15) is 4.79 Å². The first-order valence-corrected chi connectivity index (χ1v) is 9.72. The van der Waals surface area contributed by atoms with Crippen molar-refractivity contribution < 1.29 is 9.53 Å². The Hall–Kier alpha value is -3.00. The molecule has 1 atom stereocenters. The van der Waals surface area contributed by atoms with Crippen LogP contribution in [-0.4, -0.2) is 46.6 Å². The van der Waals surface area contributed by atoms with Crippen LogP contribution in [0.25, 0.3) is 0 Å². The Morgan fingerprint density at radius 3 is 2.90 bits per heavy atom. The number of thiazole rings is 1. The Labute approximate surface area is 175 Å². The van der Waals surface area contributed by atoms with Gasteiger partial charge in [0.25, 0.3) is 5.91 Å². The number of terminal acetylenes is 1. The van der Waals surface area contributed by atoms with Crippen LogP contribution in [0.3, 0.4) is 0 Å². The average Bonchev–Trinajstić information content (AvgIpc) is 3.30. The molecule has 0 saturated carbocycles. The number of hydrogen-bond donors (Lipinski definition) is 2. The highest BCUT2D eigenvalue weighted by Gasteiger charge is 2.14. The molecule has 3 rings (SSSR count). The first-order valence-electron chi connectivity index (χ1n) is 8.84. The predicted octanol–water partition coefficient (Wildman–Crippen LogP) is 2.46. The van der Waals surface area contributed by atoms with Gasteiger partial charge in [-0.15, -0.1) is 24.2 Å². The number of carbonyl (C=O) groups excluding carboxylic acids is 1. The summed E-state index contributed by atoms with van der Waals surface area (Å²) in [5, 5.41) is 13.9. The third-order valence-electron chi connectivity index (χ3n) is 3.71.